The number of hydrogen-bond acceptors (Lipinski definition) is 6. The molecule has 1 unspecified atom stereocenters. The van der Waals surface area contributed by atoms with Crippen molar-refractivity contribution in [1.29, 1.82) is 0 Å². The molecule has 1 saturated heterocycles. The molecule has 0 spiro atoms. The van der Waals surface area contributed by atoms with Crippen LogP contribution in [0.1, 0.15) is 30.5 Å². The molecule has 1 fully saturated rings. The number of carbonyl (C=O) groups is 1. The van der Waals surface area contributed by atoms with E-state index < -0.39 is 10.0 Å². The molecule has 0 bridgehead atoms. The van der Waals surface area contributed by atoms with Crippen LogP contribution >= 0.6 is 11.3 Å². The Labute approximate surface area is 156 Å². The van der Waals surface area contributed by atoms with Gasteiger partial charge in [-0.2, -0.15) is 4.31 Å². The molecule has 2 aromatic heterocycles. The predicted molar refractivity (Wildman–Crippen MR) is 98.5 cm³/mol. The Bertz CT molecular complexity index is 912. The van der Waals surface area contributed by atoms with Crippen LogP contribution in [0.5, 0.6) is 0 Å². The number of aromatic nitrogens is 2. The SMILES string of the molecule is O=C(Nc1ncnc2c1CCC2)C1CCCN(S(=O)(=O)c2cccs2)C1. The molecule has 7 nitrogen and oxygen atoms in total. The van der Waals surface area contributed by atoms with E-state index in [1.54, 1.807) is 17.5 Å². The van der Waals surface area contributed by atoms with Crippen molar-refractivity contribution >= 4 is 33.1 Å². The fourth-order valence-electron chi connectivity index (χ4n) is 3.60. The maximum absolute atomic E-state index is 12.7. The van der Waals surface area contributed by atoms with E-state index in [1.165, 1.54) is 22.0 Å². The van der Waals surface area contributed by atoms with Gasteiger partial charge in [-0.15, -0.1) is 11.3 Å². The van der Waals surface area contributed by atoms with E-state index in [9.17, 15) is 13.2 Å². The number of rotatable bonds is 4. The molecule has 3 heterocycles. The van der Waals surface area contributed by atoms with E-state index in [0.717, 1.165) is 30.5 Å². The molecule has 26 heavy (non-hydrogen) atoms. The fourth-order valence-corrected chi connectivity index (χ4v) is 6.27. The first-order valence-corrected chi connectivity index (χ1v) is 11.0. The monoisotopic (exact) mass is 392 g/mol. The molecular formula is C17H20N4O3S2. The zero-order valence-electron chi connectivity index (χ0n) is 14.2. The normalized spacial score (nSPS) is 20.7. The van der Waals surface area contributed by atoms with Crippen molar-refractivity contribution in [1.82, 2.24) is 14.3 Å². The van der Waals surface area contributed by atoms with Crippen LogP contribution in [0.15, 0.2) is 28.0 Å². The molecular weight excluding hydrogens is 372 g/mol. The van der Waals surface area contributed by atoms with E-state index in [0.29, 0.717) is 29.4 Å². The van der Waals surface area contributed by atoms with Crippen LogP contribution in [0.3, 0.4) is 0 Å². The highest BCUT2D eigenvalue weighted by molar-refractivity contribution is 7.91. The Morgan fingerprint density at radius 3 is 2.96 bits per heavy atom. The smallest absolute Gasteiger partial charge is 0.252 e. The standard InChI is InChI=1S/C17H20N4O3S2/c22-17(20-16-13-5-1-6-14(13)18-11-19-16)12-4-2-8-21(10-12)26(23,24)15-7-3-9-25-15/h3,7,9,11-12H,1-2,4-6,8,10H2,(H,18,19,20,22). The van der Waals surface area contributed by atoms with Crippen molar-refractivity contribution in [2.45, 2.75) is 36.3 Å². The molecule has 0 radical (unpaired) electrons. The number of anilines is 1. The van der Waals surface area contributed by atoms with Crippen molar-refractivity contribution in [2.75, 3.05) is 18.4 Å². The molecule has 1 atom stereocenters. The Morgan fingerprint density at radius 2 is 2.15 bits per heavy atom. The molecule has 1 N–H and O–H groups in total. The quantitative estimate of drug-likeness (QED) is 0.860. The number of nitrogens with zero attached hydrogens (tertiary/aromatic N) is 3. The Balaban J connectivity index is 1.48. The summed E-state index contributed by atoms with van der Waals surface area (Å²) in [7, 11) is -3.52. The second kappa shape index (κ2) is 7.05. The van der Waals surface area contributed by atoms with Gasteiger partial charge in [0.05, 0.1) is 5.92 Å². The van der Waals surface area contributed by atoms with E-state index in [1.807, 2.05) is 0 Å². The first-order valence-electron chi connectivity index (χ1n) is 8.73. The molecule has 2 aromatic rings. The lowest BCUT2D eigenvalue weighted by molar-refractivity contribution is -0.120. The molecule has 1 aliphatic heterocycles. The molecule has 2 aliphatic rings. The Morgan fingerprint density at radius 1 is 1.27 bits per heavy atom. The van der Waals surface area contributed by atoms with Crippen LogP contribution < -0.4 is 5.32 Å². The van der Waals surface area contributed by atoms with Gasteiger partial charge in [-0.1, -0.05) is 6.07 Å². The summed E-state index contributed by atoms with van der Waals surface area (Å²) in [5.74, 6) is 0.0464. The van der Waals surface area contributed by atoms with Crippen molar-refractivity contribution < 1.29 is 13.2 Å². The van der Waals surface area contributed by atoms with Crippen molar-refractivity contribution in [3.8, 4) is 0 Å². The third kappa shape index (κ3) is 3.26. The molecule has 0 saturated carbocycles. The van der Waals surface area contributed by atoms with Gasteiger partial charge in [0.15, 0.2) is 0 Å². The number of thiophene rings is 1. The summed E-state index contributed by atoms with van der Waals surface area (Å²) in [5.41, 5.74) is 2.01. The van der Waals surface area contributed by atoms with Gasteiger partial charge in [-0.25, -0.2) is 18.4 Å². The molecule has 1 amide bonds. The number of carbonyl (C=O) groups excluding carboxylic acids is 1. The van der Waals surface area contributed by atoms with E-state index in [2.05, 4.69) is 15.3 Å². The fraction of sp³-hybridized carbons (Fsp3) is 0.471. The minimum atomic E-state index is -3.52. The van der Waals surface area contributed by atoms with E-state index >= 15 is 0 Å². The third-order valence-corrected chi connectivity index (χ3v) is 8.20. The lowest BCUT2D eigenvalue weighted by Crippen LogP contribution is -2.43. The summed E-state index contributed by atoms with van der Waals surface area (Å²) >= 11 is 1.20. The van der Waals surface area contributed by atoms with Gasteiger partial charge >= 0.3 is 0 Å². The minimum absolute atomic E-state index is 0.163. The number of sulfonamides is 1. The zero-order valence-corrected chi connectivity index (χ0v) is 15.9. The van der Waals surface area contributed by atoms with Crippen LogP contribution in [0.25, 0.3) is 0 Å². The van der Waals surface area contributed by atoms with Crippen LogP contribution in [0, 0.1) is 5.92 Å². The van der Waals surface area contributed by atoms with Crippen molar-refractivity contribution in [3.63, 3.8) is 0 Å². The van der Waals surface area contributed by atoms with Gasteiger partial charge in [0.2, 0.25) is 5.91 Å². The molecule has 1 aliphatic carbocycles. The maximum atomic E-state index is 12.7. The van der Waals surface area contributed by atoms with Crippen molar-refractivity contribution in [2.24, 2.45) is 5.92 Å². The van der Waals surface area contributed by atoms with E-state index in [4.69, 9.17) is 0 Å². The van der Waals surface area contributed by atoms with E-state index in [-0.39, 0.29) is 18.4 Å². The molecule has 0 aromatic carbocycles. The van der Waals surface area contributed by atoms with Gasteiger partial charge in [-0.05, 0) is 43.6 Å². The number of hydrogen-bond donors (Lipinski definition) is 1. The van der Waals surface area contributed by atoms with Gasteiger partial charge in [0.1, 0.15) is 16.4 Å². The molecule has 4 rings (SSSR count). The molecule has 138 valence electrons. The average Bonchev–Trinajstić information content (AvgIpc) is 3.34. The minimum Gasteiger partial charge on any atom is -0.310 e. The summed E-state index contributed by atoms with van der Waals surface area (Å²) in [6.45, 7) is 0.659. The van der Waals surface area contributed by atoms with Gasteiger partial charge < -0.3 is 5.32 Å². The Hall–Kier alpha value is -1.84. The molecule has 9 heteroatoms. The van der Waals surface area contributed by atoms with Crippen LogP contribution in [0.2, 0.25) is 0 Å². The second-order valence-corrected chi connectivity index (χ2v) is 9.74. The van der Waals surface area contributed by atoms with Crippen LogP contribution in [0.4, 0.5) is 5.82 Å². The second-order valence-electron chi connectivity index (χ2n) is 6.62. The number of aryl methyl sites for hydroxylation is 1. The topological polar surface area (TPSA) is 92.3 Å². The van der Waals surface area contributed by atoms with Crippen LogP contribution in [-0.2, 0) is 27.7 Å². The van der Waals surface area contributed by atoms with Crippen molar-refractivity contribution in [3.05, 3.63) is 35.1 Å². The first kappa shape index (κ1) is 17.6. The maximum Gasteiger partial charge on any atom is 0.252 e. The largest absolute Gasteiger partial charge is 0.310 e. The van der Waals surface area contributed by atoms with Gasteiger partial charge in [-0.3, -0.25) is 4.79 Å². The highest BCUT2D eigenvalue weighted by Gasteiger charge is 2.34. The number of nitrogens with one attached hydrogen (secondary N) is 1. The highest BCUT2D eigenvalue weighted by atomic mass is 32.2. The number of fused-ring (bicyclic) bond motifs is 1. The summed E-state index contributed by atoms with van der Waals surface area (Å²) in [5, 5.41) is 4.66. The van der Waals surface area contributed by atoms with Gasteiger partial charge in [0, 0.05) is 24.3 Å². The Kier molecular flexibility index (Phi) is 4.76. The number of piperidine rings is 1. The third-order valence-electron chi connectivity index (χ3n) is 4.96. The number of amides is 1. The lowest BCUT2D eigenvalue weighted by Gasteiger charge is -2.30. The summed E-state index contributed by atoms with van der Waals surface area (Å²) in [6.07, 6.45) is 5.63. The summed E-state index contributed by atoms with van der Waals surface area (Å²) in [6, 6.07) is 3.33. The highest BCUT2D eigenvalue weighted by Crippen LogP contribution is 2.28. The van der Waals surface area contributed by atoms with Gasteiger partial charge in [0.25, 0.3) is 10.0 Å². The summed E-state index contributed by atoms with van der Waals surface area (Å²) in [4.78, 5) is 21.2. The predicted octanol–water partition coefficient (Wildman–Crippen LogP) is 2.07. The zero-order chi connectivity index (χ0) is 18.1. The van der Waals surface area contributed by atoms with Crippen LogP contribution in [-0.4, -0.2) is 41.7 Å². The first-order chi connectivity index (χ1) is 12.6. The average molecular weight is 393 g/mol. The summed E-state index contributed by atoms with van der Waals surface area (Å²) < 4.78 is 27.2. The lowest BCUT2D eigenvalue weighted by atomic mass is 9.99.